The van der Waals surface area contributed by atoms with Crippen LogP contribution < -0.4 is 0 Å². The zero-order valence-corrected chi connectivity index (χ0v) is 16.1. The minimum atomic E-state index is -0.381. The Labute approximate surface area is 150 Å². The van der Waals surface area contributed by atoms with Gasteiger partial charge in [-0.1, -0.05) is 50.3 Å². The van der Waals surface area contributed by atoms with Crippen LogP contribution in [0.4, 0.5) is 0 Å². The topological polar surface area (TPSA) is 23.6 Å². The predicted octanol–water partition coefficient (Wildman–Crippen LogP) is 4.86. The van der Waals surface area contributed by atoms with E-state index in [0.717, 1.165) is 19.4 Å². The Morgan fingerprint density at radius 2 is 1.71 bits per heavy atom. The normalized spacial score (nSPS) is 22.8. The number of nitrogens with zero attached hydrogens (tertiary/aromatic N) is 2. The molecule has 4 heteroatoms. The summed E-state index contributed by atoms with van der Waals surface area (Å²) in [5.41, 5.74) is 0.940. The summed E-state index contributed by atoms with van der Waals surface area (Å²) in [4.78, 5) is 14.1. The molecule has 2 aliphatic rings. The van der Waals surface area contributed by atoms with Crippen LogP contribution >= 0.6 is 11.8 Å². The van der Waals surface area contributed by atoms with Crippen LogP contribution in [0.2, 0.25) is 0 Å². The van der Waals surface area contributed by atoms with Gasteiger partial charge in [0.1, 0.15) is 5.54 Å². The van der Waals surface area contributed by atoms with Gasteiger partial charge >= 0.3 is 0 Å². The largest absolute Gasteiger partial charge is 0.271 e. The molecule has 132 valence electrons. The van der Waals surface area contributed by atoms with Crippen molar-refractivity contribution in [1.29, 1.82) is 0 Å². The van der Waals surface area contributed by atoms with Gasteiger partial charge in [0.2, 0.25) is 0 Å². The van der Waals surface area contributed by atoms with Gasteiger partial charge in [-0.05, 0) is 44.6 Å². The molecule has 0 N–H and O–H groups in total. The second-order valence-corrected chi connectivity index (χ2v) is 8.43. The van der Waals surface area contributed by atoms with Crippen molar-refractivity contribution in [2.45, 2.75) is 81.8 Å². The average Bonchev–Trinajstić information content (AvgIpc) is 2.56. The molecule has 0 bridgehead atoms. The van der Waals surface area contributed by atoms with E-state index in [2.05, 4.69) is 54.4 Å². The average molecular weight is 347 g/mol. The van der Waals surface area contributed by atoms with Crippen molar-refractivity contribution in [2.75, 3.05) is 6.26 Å². The molecule has 3 nitrogen and oxygen atoms in total. The lowest BCUT2D eigenvalue weighted by atomic mass is 9.90. The van der Waals surface area contributed by atoms with Crippen molar-refractivity contribution in [3.05, 3.63) is 29.8 Å². The van der Waals surface area contributed by atoms with Crippen LogP contribution in [-0.2, 0) is 11.3 Å². The van der Waals surface area contributed by atoms with Crippen LogP contribution in [0.3, 0.4) is 0 Å². The molecule has 1 saturated carbocycles. The van der Waals surface area contributed by atoms with Gasteiger partial charge in [-0.3, -0.25) is 9.80 Å². The van der Waals surface area contributed by atoms with Crippen molar-refractivity contribution in [1.82, 2.24) is 10.0 Å². The molecule has 0 radical (unpaired) electrons. The van der Waals surface area contributed by atoms with Gasteiger partial charge in [-0.2, -0.15) is 5.01 Å². The van der Waals surface area contributed by atoms with Gasteiger partial charge in [-0.15, -0.1) is 11.8 Å². The molecule has 1 aromatic carbocycles. The second kappa shape index (κ2) is 7.49. The van der Waals surface area contributed by atoms with Gasteiger partial charge in [0.15, 0.2) is 0 Å². The highest BCUT2D eigenvalue weighted by molar-refractivity contribution is 7.98. The first-order valence-electron chi connectivity index (χ1n) is 9.29. The second-order valence-electron chi connectivity index (χ2n) is 7.58. The molecule has 0 atom stereocenters. The lowest BCUT2D eigenvalue weighted by Crippen LogP contribution is -2.76. The summed E-state index contributed by atoms with van der Waals surface area (Å²) in [6, 6.07) is 8.96. The van der Waals surface area contributed by atoms with Gasteiger partial charge in [0.05, 0.1) is 0 Å². The summed E-state index contributed by atoms with van der Waals surface area (Å²) in [5, 5.41) is 4.42. The Balaban J connectivity index is 1.79. The third kappa shape index (κ3) is 3.36. The van der Waals surface area contributed by atoms with Crippen molar-refractivity contribution in [2.24, 2.45) is 0 Å². The standard InChI is InChI=1S/C20H30N2OS/c1-20(2)19(23)22(17-12-7-5-4-6-8-13-17)21(20)15-16-11-9-10-14-18(16)24-3/h9-11,14,17H,4-8,12-13,15H2,1-3H3. The van der Waals surface area contributed by atoms with Crippen molar-refractivity contribution >= 4 is 17.7 Å². The molecule has 2 fully saturated rings. The molecule has 1 amide bonds. The Morgan fingerprint density at radius 3 is 2.38 bits per heavy atom. The highest BCUT2D eigenvalue weighted by Crippen LogP contribution is 2.38. The minimum absolute atomic E-state index is 0.301. The molecule has 1 saturated heterocycles. The number of amides is 1. The van der Waals surface area contributed by atoms with Crippen LogP contribution in [0.15, 0.2) is 29.2 Å². The van der Waals surface area contributed by atoms with Crippen molar-refractivity contribution in [3.8, 4) is 0 Å². The first kappa shape index (κ1) is 17.8. The molecular formula is C20H30N2OS. The molecule has 3 rings (SSSR count). The van der Waals surface area contributed by atoms with E-state index in [1.165, 1.54) is 42.6 Å². The van der Waals surface area contributed by atoms with E-state index in [9.17, 15) is 4.79 Å². The zero-order chi connectivity index (χ0) is 17.2. The zero-order valence-electron chi connectivity index (χ0n) is 15.3. The molecule has 1 aliphatic heterocycles. The Kier molecular flexibility index (Phi) is 5.56. The van der Waals surface area contributed by atoms with E-state index in [1.807, 2.05) is 0 Å². The molecule has 24 heavy (non-hydrogen) atoms. The summed E-state index contributed by atoms with van der Waals surface area (Å²) in [6.07, 6.45) is 10.9. The number of hydrogen-bond acceptors (Lipinski definition) is 3. The SMILES string of the molecule is CSc1ccccc1CN1N(C2CCCCCCC2)C(=O)C1(C)C. The van der Waals surface area contributed by atoms with Gasteiger partial charge in [0.25, 0.3) is 5.91 Å². The Morgan fingerprint density at radius 1 is 1.08 bits per heavy atom. The summed E-state index contributed by atoms with van der Waals surface area (Å²) < 4.78 is 0. The van der Waals surface area contributed by atoms with E-state index in [4.69, 9.17) is 0 Å². The smallest absolute Gasteiger partial charge is 0.258 e. The fourth-order valence-electron chi connectivity index (χ4n) is 4.04. The Hall–Kier alpha value is -1.00. The number of carbonyl (C=O) groups is 1. The molecule has 0 unspecified atom stereocenters. The van der Waals surface area contributed by atoms with Gasteiger partial charge in [-0.25, -0.2) is 0 Å². The van der Waals surface area contributed by atoms with Gasteiger partial charge < -0.3 is 0 Å². The van der Waals surface area contributed by atoms with E-state index < -0.39 is 0 Å². The van der Waals surface area contributed by atoms with Crippen LogP contribution in [0.1, 0.15) is 64.4 Å². The number of carbonyl (C=O) groups excluding carboxylic acids is 1. The van der Waals surface area contributed by atoms with Crippen LogP contribution in [0.25, 0.3) is 0 Å². The third-order valence-corrected chi connectivity index (χ3v) is 6.41. The van der Waals surface area contributed by atoms with E-state index >= 15 is 0 Å². The molecule has 1 heterocycles. The number of thioether (sulfide) groups is 1. The summed E-state index contributed by atoms with van der Waals surface area (Å²) >= 11 is 1.79. The number of hydrogen-bond donors (Lipinski definition) is 0. The fourth-order valence-corrected chi connectivity index (χ4v) is 4.65. The Bertz CT molecular complexity index is 579. The lowest BCUT2D eigenvalue weighted by molar-refractivity contribution is -0.230. The lowest BCUT2D eigenvalue weighted by Gasteiger charge is -2.58. The van der Waals surface area contributed by atoms with E-state index in [1.54, 1.807) is 11.8 Å². The first-order chi connectivity index (χ1) is 11.6. The summed E-state index contributed by atoms with van der Waals surface area (Å²) in [5.74, 6) is 0.301. The predicted molar refractivity (Wildman–Crippen MR) is 101 cm³/mol. The monoisotopic (exact) mass is 346 g/mol. The molecule has 0 aromatic heterocycles. The summed E-state index contributed by atoms with van der Waals surface area (Å²) in [6.45, 7) is 4.96. The minimum Gasteiger partial charge on any atom is -0.271 e. The summed E-state index contributed by atoms with van der Waals surface area (Å²) in [7, 11) is 0. The molecule has 1 aliphatic carbocycles. The van der Waals surface area contributed by atoms with Crippen LogP contribution in [0.5, 0.6) is 0 Å². The third-order valence-electron chi connectivity index (χ3n) is 5.57. The highest BCUT2D eigenvalue weighted by Gasteiger charge is 2.54. The van der Waals surface area contributed by atoms with Crippen molar-refractivity contribution < 1.29 is 4.79 Å². The molecule has 0 spiro atoms. The number of rotatable bonds is 4. The number of hydrazine groups is 1. The maximum atomic E-state index is 12.8. The maximum Gasteiger partial charge on any atom is 0.258 e. The first-order valence-corrected chi connectivity index (χ1v) is 10.5. The van der Waals surface area contributed by atoms with Crippen LogP contribution in [0, 0.1) is 0 Å². The van der Waals surface area contributed by atoms with E-state index in [0.29, 0.717) is 11.9 Å². The van der Waals surface area contributed by atoms with Gasteiger partial charge in [0, 0.05) is 17.5 Å². The van der Waals surface area contributed by atoms with E-state index in [-0.39, 0.29) is 5.54 Å². The highest BCUT2D eigenvalue weighted by atomic mass is 32.2. The number of benzene rings is 1. The quantitative estimate of drug-likeness (QED) is 0.728. The molecule has 1 aromatic rings. The fraction of sp³-hybridized carbons (Fsp3) is 0.650. The van der Waals surface area contributed by atoms with Crippen LogP contribution in [-0.4, -0.2) is 33.8 Å². The van der Waals surface area contributed by atoms with Crippen molar-refractivity contribution in [3.63, 3.8) is 0 Å². The maximum absolute atomic E-state index is 12.8. The molecular weight excluding hydrogens is 316 g/mol.